The van der Waals surface area contributed by atoms with Crippen molar-refractivity contribution in [2.45, 2.75) is 77.4 Å². The first-order valence-corrected chi connectivity index (χ1v) is 14.5. The van der Waals surface area contributed by atoms with E-state index in [4.69, 9.17) is 9.72 Å². The molecule has 186 valence electrons. The number of Topliss-reactive ketones (excluding diaryl/α,β-unsaturated/α-hetero) is 1. The summed E-state index contributed by atoms with van der Waals surface area (Å²) < 4.78 is 5.59. The fourth-order valence-electron chi connectivity index (χ4n) is 5.76. The van der Waals surface area contributed by atoms with E-state index in [2.05, 4.69) is 21.7 Å². The molecule has 0 spiro atoms. The highest BCUT2D eigenvalue weighted by molar-refractivity contribution is 7.15. The van der Waals surface area contributed by atoms with Crippen LogP contribution in [-0.4, -0.2) is 59.5 Å². The maximum absolute atomic E-state index is 12.5. The molecule has 0 atom stereocenters. The molecule has 6 nitrogen and oxygen atoms in total. The average Bonchev–Trinajstić information content (AvgIpc) is 3.41. The number of ketones is 1. The van der Waals surface area contributed by atoms with Crippen molar-refractivity contribution in [2.24, 2.45) is 11.8 Å². The molecular weight excluding hydrogens is 464 g/mol. The zero-order valence-corrected chi connectivity index (χ0v) is 22.5. The third kappa shape index (κ3) is 5.72. The van der Waals surface area contributed by atoms with E-state index in [9.17, 15) is 4.79 Å². The zero-order chi connectivity index (χ0) is 23.7. The van der Waals surface area contributed by atoms with E-state index in [0.29, 0.717) is 18.1 Å². The van der Waals surface area contributed by atoms with Gasteiger partial charge in [-0.25, -0.2) is 9.97 Å². The highest BCUT2D eigenvalue weighted by atomic mass is 32.1. The first kappa shape index (κ1) is 24.3. The molecule has 8 heteroatoms. The molecule has 2 aliphatic heterocycles. The van der Waals surface area contributed by atoms with Gasteiger partial charge < -0.3 is 9.64 Å². The Hall–Kier alpha value is -1.35. The third-order valence-electron chi connectivity index (χ3n) is 7.99. The van der Waals surface area contributed by atoms with Crippen LogP contribution in [0.2, 0.25) is 0 Å². The molecule has 0 radical (unpaired) electrons. The summed E-state index contributed by atoms with van der Waals surface area (Å²) in [4.78, 5) is 29.3. The molecular formula is C26H38N4O2S2. The van der Waals surface area contributed by atoms with Gasteiger partial charge in [-0.3, -0.25) is 9.69 Å². The number of carbonyl (C=O) groups is 1. The van der Waals surface area contributed by atoms with Crippen LogP contribution in [0.15, 0.2) is 6.20 Å². The smallest absolute Gasteiger partial charge is 0.186 e. The van der Waals surface area contributed by atoms with Crippen molar-refractivity contribution >= 4 is 33.6 Å². The largest absolute Gasteiger partial charge is 0.375 e. The van der Waals surface area contributed by atoms with Gasteiger partial charge in [0.05, 0.1) is 29.4 Å². The molecule has 2 aromatic heterocycles. The Balaban J connectivity index is 1.02. The summed E-state index contributed by atoms with van der Waals surface area (Å²) in [5.74, 6) is 1.80. The molecule has 0 amide bonds. The van der Waals surface area contributed by atoms with E-state index in [1.54, 1.807) is 18.4 Å². The van der Waals surface area contributed by atoms with Gasteiger partial charge in [0.2, 0.25) is 0 Å². The summed E-state index contributed by atoms with van der Waals surface area (Å²) in [5.41, 5.74) is 1.29. The van der Waals surface area contributed by atoms with Crippen molar-refractivity contribution in [1.29, 1.82) is 0 Å². The second kappa shape index (κ2) is 10.3. The third-order valence-corrected chi connectivity index (χ3v) is 10.1. The highest BCUT2D eigenvalue weighted by Gasteiger charge is 2.40. The number of nitrogens with zero attached hydrogens (tertiary/aromatic N) is 4. The number of anilines is 1. The summed E-state index contributed by atoms with van der Waals surface area (Å²) in [6, 6.07) is 0. The van der Waals surface area contributed by atoms with E-state index in [-0.39, 0.29) is 5.60 Å². The Morgan fingerprint density at radius 2 is 1.97 bits per heavy atom. The average molecular weight is 503 g/mol. The normalized spacial score (nSPS) is 24.6. The summed E-state index contributed by atoms with van der Waals surface area (Å²) in [6.07, 6.45) is 10.6. The maximum Gasteiger partial charge on any atom is 0.186 e. The molecule has 34 heavy (non-hydrogen) atoms. The van der Waals surface area contributed by atoms with E-state index < -0.39 is 0 Å². The lowest BCUT2D eigenvalue weighted by Crippen LogP contribution is -2.61. The van der Waals surface area contributed by atoms with Gasteiger partial charge in [-0.15, -0.1) is 22.7 Å². The summed E-state index contributed by atoms with van der Waals surface area (Å²) in [7, 11) is 1.80. The van der Waals surface area contributed by atoms with Crippen molar-refractivity contribution in [2.75, 3.05) is 38.2 Å². The predicted octanol–water partition coefficient (Wildman–Crippen LogP) is 4.89. The topological polar surface area (TPSA) is 58.6 Å². The van der Waals surface area contributed by atoms with Crippen molar-refractivity contribution in [3.8, 4) is 0 Å². The van der Waals surface area contributed by atoms with Crippen molar-refractivity contribution < 1.29 is 9.53 Å². The number of methoxy groups -OCH3 is 1. The molecule has 5 rings (SSSR count). The number of hydrogen-bond acceptors (Lipinski definition) is 8. The van der Waals surface area contributed by atoms with Gasteiger partial charge in [0.15, 0.2) is 5.13 Å². The molecule has 0 bridgehead atoms. The van der Waals surface area contributed by atoms with E-state index in [1.807, 2.05) is 24.5 Å². The molecule has 4 heterocycles. The SMILES string of the molecule is COC1(C)CN(c2nc3c(s2)CCN(CCC2CCC(CC(=O)Cc4cnc(C)s4)CC2)C3)C1. The number of fused-ring (bicyclic) bond motifs is 1. The van der Waals surface area contributed by atoms with Crippen molar-refractivity contribution in [3.63, 3.8) is 0 Å². The predicted molar refractivity (Wildman–Crippen MR) is 139 cm³/mol. The zero-order valence-electron chi connectivity index (χ0n) is 20.8. The van der Waals surface area contributed by atoms with Crippen LogP contribution >= 0.6 is 22.7 Å². The lowest BCUT2D eigenvalue weighted by atomic mass is 9.78. The Labute approximate surface area is 211 Å². The van der Waals surface area contributed by atoms with Crippen LogP contribution in [0, 0.1) is 18.8 Å². The minimum atomic E-state index is -0.00875. The molecule has 0 N–H and O–H groups in total. The van der Waals surface area contributed by atoms with Crippen LogP contribution in [0.25, 0.3) is 0 Å². The Bertz CT molecular complexity index is 989. The lowest BCUT2D eigenvalue weighted by Gasteiger charge is -2.46. The van der Waals surface area contributed by atoms with Gasteiger partial charge in [0.1, 0.15) is 5.78 Å². The van der Waals surface area contributed by atoms with Crippen LogP contribution in [0.4, 0.5) is 5.13 Å². The van der Waals surface area contributed by atoms with Crippen molar-refractivity contribution in [1.82, 2.24) is 14.9 Å². The van der Waals surface area contributed by atoms with Crippen LogP contribution in [0.1, 0.15) is 65.9 Å². The quantitative estimate of drug-likeness (QED) is 0.487. The number of hydrogen-bond donors (Lipinski definition) is 0. The fraction of sp³-hybridized carbons (Fsp3) is 0.731. The van der Waals surface area contributed by atoms with E-state index in [0.717, 1.165) is 54.8 Å². The van der Waals surface area contributed by atoms with Crippen molar-refractivity contribution in [3.05, 3.63) is 26.7 Å². The minimum Gasteiger partial charge on any atom is -0.375 e. The number of aryl methyl sites for hydroxylation is 1. The summed E-state index contributed by atoms with van der Waals surface area (Å²) >= 11 is 3.54. The summed E-state index contributed by atoms with van der Waals surface area (Å²) in [6.45, 7) is 9.40. The van der Waals surface area contributed by atoms with Gasteiger partial charge in [-0.1, -0.05) is 12.8 Å². The maximum atomic E-state index is 12.5. The molecule has 0 aromatic carbocycles. The monoisotopic (exact) mass is 502 g/mol. The van der Waals surface area contributed by atoms with Crippen LogP contribution in [0.3, 0.4) is 0 Å². The van der Waals surface area contributed by atoms with E-state index in [1.165, 1.54) is 54.4 Å². The molecule has 1 aliphatic carbocycles. The fourth-order valence-corrected chi connectivity index (χ4v) is 7.63. The van der Waals surface area contributed by atoms with Crippen LogP contribution in [-0.2, 0) is 28.9 Å². The first-order chi connectivity index (χ1) is 16.4. The van der Waals surface area contributed by atoms with Crippen LogP contribution < -0.4 is 4.90 Å². The molecule has 1 saturated heterocycles. The minimum absolute atomic E-state index is 0.00875. The highest BCUT2D eigenvalue weighted by Crippen LogP contribution is 2.37. The standard InChI is InChI=1S/C26H38N4O2S2/c1-18-27-14-22(33-18)13-21(31)12-20-6-4-19(5-7-20)8-10-29-11-9-24-23(15-29)28-25(34-24)30-16-26(2,17-30)32-3/h14,19-20H,4-13,15-17H2,1-3H3. The van der Waals surface area contributed by atoms with Gasteiger partial charge >= 0.3 is 0 Å². The number of thiazole rings is 2. The van der Waals surface area contributed by atoms with Gasteiger partial charge in [0.25, 0.3) is 0 Å². The molecule has 3 aliphatic rings. The molecule has 2 fully saturated rings. The Kier molecular flexibility index (Phi) is 7.40. The second-order valence-electron chi connectivity index (χ2n) is 10.8. The Morgan fingerprint density at radius 3 is 2.68 bits per heavy atom. The van der Waals surface area contributed by atoms with Gasteiger partial charge in [-0.05, 0) is 57.9 Å². The van der Waals surface area contributed by atoms with E-state index >= 15 is 0 Å². The van der Waals surface area contributed by atoms with Gasteiger partial charge in [-0.2, -0.15) is 0 Å². The molecule has 2 aromatic rings. The number of ether oxygens (including phenoxy) is 1. The molecule has 0 unspecified atom stereocenters. The summed E-state index contributed by atoms with van der Waals surface area (Å²) in [5, 5.41) is 2.23. The first-order valence-electron chi connectivity index (χ1n) is 12.8. The Morgan fingerprint density at radius 1 is 1.21 bits per heavy atom. The lowest BCUT2D eigenvalue weighted by molar-refractivity contribution is -0.119. The molecule has 1 saturated carbocycles. The number of aromatic nitrogens is 2. The van der Waals surface area contributed by atoms with Crippen LogP contribution in [0.5, 0.6) is 0 Å². The number of carbonyl (C=O) groups excluding carboxylic acids is 1. The van der Waals surface area contributed by atoms with Gasteiger partial charge in [0, 0.05) is 49.0 Å². The second-order valence-corrected chi connectivity index (χ2v) is 13.2. The number of rotatable bonds is 9.